The summed E-state index contributed by atoms with van der Waals surface area (Å²) >= 11 is 9.29. The third kappa shape index (κ3) is 5.37. The molecule has 1 amide bonds. The highest BCUT2D eigenvalue weighted by Gasteiger charge is 2.20. The Morgan fingerprint density at radius 1 is 1.07 bits per heavy atom. The van der Waals surface area contributed by atoms with Crippen LogP contribution in [0, 0.1) is 0 Å². The number of aromatic nitrogens is 3. The van der Waals surface area contributed by atoms with Crippen LogP contribution in [0.5, 0.6) is 0 Å². The van der Waals surface area contributed by atoms with Gasteiger partial charge in [0, 0.05) is 21.4 Å². The predicted octanol–water partition coefficient (Wildman–Crippen LogP) is 5.94. The monoisotopic (exact) mass is 485 g/mol. The van der Waals surface area contributed by atoms with E-state index in [4.69, 9.17) is 11.6 Å². The van der Waals surface area contributed by atoms with Gasteiger partial charge in [-0.3, -0.25) is 4.79 Å². The number of nitrogens with one attached hydrogen (secondary N) is 3. The van der Waals surface area contributed by atoms with Gasteiger partial charge in [-0.25, -0.2) is 9.97 Å². The van der Waals surface area contributed by atoms with Crippen LogP contribution < -0.4 is 10.6 Å². The smallest absolute Gasteiger partial charge is 0.271 e. The van der Waals surface area contributed by atoms with Gasteiger partial charge < -0.3 is 15.6 Å². The number of amides is 1. The van der Waals surface area contributed by atoms with Gasteiger partial charge in [-0.1, -0.05) is 37.6 Å². The van der Waals surface area contributed by atoms with Crippen LogP contribution in [0.4, 0.5) is 5.69 Å². The van der Waals surface area contributed by atoms with Gasteiger partial charge in [-0.15, -0.1) is 0 Å². The van der Waals surface area contributed by atoms with Crippen molar-refractivity contribution in [3.8, 4) is 0 Å². The average molecular weight is 487 g/mol. The van der Waals surface area contributed by atoms with E-state index in [9.17, 15) is 4.79 Å². The lowest BCUT2D eigenvalue weighted by Crippen LogP contribution is -2.34. The molecule has 0 saturated carbocycles. The van der Waals surface area contributed by atoms with E-state index in [-0.39, 0.29) is 5.91 Å². The number of imidazole rings is 1. The molecule has 2 aromatic carbocycles. The molecule has 0 radical (unpaired) electrons. The van der Waals surface area contributed by atoms with Crippen LogP contribution >= 0.6 is 27.5 Å². The number of carbonyl (C=O) groups is 1. The summed E-state index contributed by atoms with van der Waals surface area (Å²) in [5, 5.41) is 6.85. The van der Waals surface area contributed by atoms with Gasteiger partial charge in [0.1, 0.15) is 5.69 Å². The molecule has 0 aliphatic heterocycles. The van der Waals surface area contributed by atoms with Crippen LogP contribution in [-0.4, -0.2) is 20.9 Å². The lowest BCUT2D eigenvalue weighted by atomic mass is 10.3. The van der Waals surface area contributed by atoms with Crippen LogP contribution in [-0.2, 0) is 0 Å². The SMILES string of the molecule is CC.O=C(NC(Nc1ccc(Cl)cc1)c1nc2ccccc2[nH]1)c1ccc(Br)cn1. The minimum absolute atomic E-state index is 0.308. The topological polar surface area (TPSA) is 82.7 Å². The number of pyridine rings is 1. The Morgan fingerprint density at radius 3 is 2.47 bits per heavy atom. The lowest BCUT2D eigenvalue weighted by Gasteiger charge is -2.19. The third-order valence-electron chi connectivity index (χ3n) is 4.07. The van der Waals surface area contributed by atoms with Gasteiger partial charge in [0.25, 0.3) is 5.91 Å². The Balaban J connectivity index is 0.00000124. The van der Waals surface area contributed by atoms with Crippen LogP contribution in [0.1, 0.15) is 36.3 Å². The van der Waals surface area contributed by atoms with Crippen molar-refractivity contribution in [1.82, 2.24) is 20.3 Å². The van der Waals surface area contributed by atoms with Gasteiger partial charge in [-0.2, -0.15) is 0 Å². The molecular weight excluding hydrogens is 466 g/mol. The molecule has 6 nitrogen and oxygen atoms in total. The summed E-state index contributed by atoms with van der Waals surface area (Å²) in [4.78, 5) is 24.7. The Labute approximate surface area is 188 Å². The minimum Gasteiger partial charge on any atom is -0.359 e. The fraction of sp³-hybridized carbons (Fsp3) is 0.136. The molecule has 0 aliphatic rings. The largest absolute Gasteiger partial charge is 0.359 e. The first-order chi connectivity index (χ1) is 14.6. The number of hydrogen-bond acceptors (Lipinski definition) is 4. The van der Waals surface area contributed by atoms with Crippen molar-refractivity contribution in [1.29, 1.82) is 0 Å². The third-order valence-corrected chi connectivity index (χ3v) is 4.79. The van der Waals surface area contributed by atoms with Gasteiger partial charge in [-0.05, 0) is 64.5 Å². The number of rotatable bonds is 5. The van der Waals surface area contributed by atoms with E-state index >= 15 is 0 Å². The van der Waals surface area contributed by atoms with Crippen molar-refractivity contribution in [3.05, 3.63) is 87.9 Å². The summed E-state index contributed by atoms with van der Waals surface area (Å²) in [5.74, 6) is 0.265. The molecule has 0 saturated heterocycles. The molecule has 0 bridgehead atoms. The predicted molar refractivity (Wildman–Crippen MR) is 125 cm³/mol. The Kier molecular flexibility index (Phi) is 7.43. The summed E-state index contributed by atoms with van der Waals surface area (Å²) in [6.45, 7) is 4.00. The molecule has 4 aromatic rings. The summed E-state index contributed by atoms with van der Waals surface area (Å²) in [6.07, 6.45) is 0.990. The number of benzene rings is 2. The maximum Gasteiger partial charge on any atom is 0.271 e. The second-order valence-electron chi connectivity index (χ2n) is 6.06. The quantitative estimate of drug-likeness (QED) is 0.305. The molecule has 2 aromatic heterocycles. The Morgan fingerprint density at radius 2 is 1.80 bits per heavy atom. The fourth-order valence-corrected chi connectivity index (χ4v) is 3.07. The minimum atomic E-state index is -0.591. The number of halogens is 2. The molecule has 154 valence electrons. The van der Waals surface area contributed by atoms with Crippen molar-refractivity contribution in [3.63, 3.8) is 0 Å². The van der Waals surface area contributed by atoms with E-state index in [2.05, 4.69) is 41.5 Å². The standard InChI is InChI=1S/C20H15BrClN5O.C2H6/c21-12-5-10-17(23-11-12)20(28)27-18(24-14-8-6-13(22)7-9-14)19-25-15-3-1-2-4-16(15)26-19;1-2/h1-11,18,24H,(H,25,26)(H,27,28);1-2H3. The van der Waals surface area contributed by atoms with Gasteiger partial charge in [0.15, 0.2) is 12.0 Å². The van der Waals surface area contributed by atoms with Crippen LogP contribution in [0.25, 0.3) is 11.0 Å². The van der Waals surface area contributed by atoms with Gasteiger partial charge in [0.05, 0.1) is 11.0 Å². The highest BCUT2D eigenvalue weighted by atomic mass is 79.9. The molecule has 2 heterocycles. The average Bonchev–Trinajstić information content (AvgIpc) is 3.21. The van der Waals surface area contributed by atoms with Crippen LogP contribution in [0.15, 0.2) is 71.3 Å². The molecule has 0 fully saturated rings. The van der Waals surface area contributed by atoms with Crippen molar-refractivity contribution in [2.75, 3.05) is 5.32 Å². The summed E-state index contributed by atoms with van der Waals surface area (Å²) in [6, 6.07) is 18.3. The number of nitrogens with zero attached hydrogens (tertiary/aromatic N) is 2. The molecule has 30 heavy (non-hydrogen) atoms. The van der Waals surface area contributed by atoms with Crippen molar-refractivity contribution in [2.24, 2.45) is 0 Å². The van der Waals surface area contributed by atoms with Crippen molar-refractivity contribution < 1.29 is 4.79 Å². The van der Waals surface area contributed by atoms with E-state index in [1.165, 1.54) is 0 Å². The zero-order chi connectivity index (χ0) is 21.5. The van der Waals surface area contributed by atoms with Crippen molar-refractivity contribution in [2.45, 2.75) is 20.0 Å². The molecular formula is C22H21BrClN5O. The van der Waals surface area contributed by atoms with Gasteiger partial charge >= 0.3 is 0 Å². The molecule has 1 atom stereocenters. The lowest BCUT2D eigenvalue weighted by molar-refractivity contribution is 0.0935. The normalized spacial score (nSPS) is 11.3. The second kappa shape index (κ2) is 10.2. The van der Waals surface area contributed by atoms with E-state index < -0.39 is 6.17 Å². The number of para-hydroxylation sites is 2. The number of aromatic amines is 1. The highest BCUT2D eigenvalue weighted by Crippen LogP contribution is 2.21. The maximum absolute atomic E-state index is 12.7. The fourth-order valence-electron chi connectivity index (χ4n) is 2.71. The molecule has 0 aliphatic carbocycles. The Hall–Kier alpha value is -2.90. The van der Waals surface area contributed by atoms with Crippen LogP contribution in [0.3, 0.4) is 0 Å². The number of hydrogen-bond donors (Lipinski definition) is 3. The number of fused-ring (bicyclic) bond motifs is 1. The zero-order valence-corrected chi connectivity index (χ0v) is 18.8. The van der Waals surface area contributed by atoms with E-state index in [0.29, 0.717) is 16.5 Å². The first-order valence-corrected chi connectivity index (χ1v) is 10.6. The number of carbonyl (C=O) groups excluding carboxylic acids is 1. The molecule has 4 rings (SSSR count). The van der Waals surface area contributed by atoms with Gasteiger partial charge in [0.2, 0.25) is 0 Å². The summed E-state index contributed by atoms with van der Waals surface area (Å²) in [7, 11) is 0. The first-order valence-electron chi connectivity index (χ1n) is 9.48. The maximum atomic E-state index is 12.7. The number of anilines is 1. The molecule has 3 N–H and O–H groups in total. The van der Waals surface area contributed by atoms with Crippen molar-refractivity contribution >= 4 is 50.2 Å². The summed E-state index contributed by atoms with van der Waals surface area (Å²) < 4.78 is 0.803. The second-order valence-corrected chi connectivity index (χ2v) is 7.41. The zero-order valence-electron chi connectivity index (χ0n) is 16.5. The number of H-pyrrole nitrogens is 1. The first kappa shape index (κ1) is 21.8. The Bertz CT molecular complexity index is 1080. The van der Waals surface area contributed by atoms with E-state index in [1.54, 1.807) is 30.5 Å². The van der Waals surface area contributed by atoms with E-state index in [0.717, 1.165) is 21.2 Å². The highest BCUT2D eigenvalue weighted by molar-refractivity contribution is 9.10. The summed E-state index contributed by atoms with van der Waals surface area (Å²) in [5.41, 5.74) is 2.80. The molecule has 1 unspecified atom stereocenters. The molecule has 0 spiro atoms. The molecule has 8 heteroatoms. The van der Waals surface area contributed by atoms with E-state index in [1.807, 2.05) is 50.2 Å². The van der Waals surface area contributed by atoms with Crippen LogP contribution in [0.2, 0.25) is 5.02 Å².